The van der Waals surface area contributed by atoms with E-state index in [0.29, 0.717) is 0 Å². The Morgan fingerprint density at radius 2 is 2.31 bits per heavy atom. The summed E-state index contributed by atoms with van der Waals surface area (Å²) < 4.78 is 4.19. The summed E-state index contributed by atoms with van der Waals surface area (Å²) >= 11 is 0. The van der Waals surface area contributed by atoms with Crippen molar-refractivity contribution in [2.45, 2.75) is 12.8 Å². The normalized spacial score (nSPS) is 15.2. The number of nitrogens with zero attached hydrogens (tertiary/aromatic N) is 3. The van der Waals surface area contributed by atoms with Crippen molar-refractivity contribution in [1.82, 2.24) is 14.0 Å². The van der Waals surface area contributed by atoms with E-state index in [2.05, 4.69) is 27.7 Å². The van der Waals surface area contributed by atoms with Gasteiger partial charge in [0.05, 0.1) is 11.4 Å². The minimum absolute atomic E-state index is 1.04. The molecule has 0 aliphatic heterocycles. The second-order valence-electron chi connectivity index (χ2n) is 3.46. The number of aromatic nitrogens is 3. The monoisotopic (exact) mass is 173 g/mol. The van der Waals surface area contributed by atoms with Crippen molar-refractivity contribution in [1.29, 1.82) is 0 Å². The third-order valence-corrected chi connectivity index (χ3v) is 2.58. The van der Waals surface area contributed by atoms with Gasteiger partial charge < -0.3 is 4.57 Å². The van der Waals surface area contributed by atoms with Crippen LogP contribution in [0, 0.1) is 0 Å². The zero-order valence-electron chi connectivity index (χ0n) is 7.57. The minimum atomic E-state index is 1.04. The van der Waals surface area contributed by atoms with Crippen molar-refractivity contribution >= 4 is 11.9 Å². The molecule has 0 N–H and O–H groups in total. The Morgan fingerprint density at radius 1 is 1.38 bits per heavy atom. The number of fused-ring (bicyclic) bond motifs is 3. The Morgan fingerprint density at radius 3 is 3.23 bits per heavy atom. The van der Waals surface area contributed by atoms with E-state index in [9.17, 15) is 0 Å². The van der Waals surface area contributed by atoms with E-state index in [-0.39, 0.29) is 0 Å². The topological polar surface area (TPSA) is 22.2 Å². The highest BCUT2D eigenvalue weighted by Crippen LogP contribution is 2.20. The molecular weight excluding hydrogens is 162 g/mol. The molecule has 3 nitrogen and oxygen atoms in total. The zero-order chi connectivity index (χ0) is 8.84. The Balaban J connectivity index is 2.42. The lowest BCUT2D eigenvalue weighted by Crippen LogP contribution is -1.93. The summed E-state index contributed by atoms with van der Waals surface area (Å²) in [7, 11) is 2.03. The van der Waals surface area contributed by atoms with Gasteiger partial charge in [-0.1, -0.05) is 6.08 Å². The van der Waals surface area contributed by atoms with Crippen molar-refractivity contribution in [3.05, 3.63) is 29.9 Å². The van der Waals surface area contributed by atoms with Gasteiger partial charge in [-0.15, -0.1) is 0 Å². The SMILES string of the molecule is Cn1ccn2c3c(nc12)CCC=C3. The molecule has 3 rings (SSSR count). The van der Waals surface area contributed by atoms with Gasteiger partial charge in [0.1, 0.15) is 0 Å². The molecule has 0 radical (unpaired) electrons. The summed E-state index contributed by atoms with van der Waals surface area (Å²) in [6.07, 6.45) is 10.7. The van der Waals surface area contributed by atoms with Gasteiger partial charge in [0, 0.05) is 19.4 Å². The van der Waals surface area contributed by atoms with Crippen molar-refractivity contribution in [3.8, 4) is 0 Å². The molecule has 2 aromatic heterocycles. The van der Waals surface area contributed by atoms with Gasteiger partial charge in [0.2, 0.25) is 5.78 Å². The van der Waals surface area contributed by atoms with Crippen LogP contribution in [0.15, 0.2) is 18.5 Å². The van der Waals surface area contributed by atoms with E-state index in [4.69, 9.17) is 0 Å². The van der Waals surface area contributed by atoms with E-state index < -0.39 is 0 Å². The molecule has 0 amide bonds. The average Bonchev–Trinajstić information content (AvgIpc) is 2.67. The molecule has 2 aromatic rings. The summed E-state index contributed by atoms with van der Waals surface area (Å²) in [5.74, 6) is 1.04. The average molecular weight is 173 g/mol. The maximum atomic E-state index is 4.59. The van der Waals surface area contributed by atoms with E-state index in [0.717, 1.165) is 18.6 Å². The Kier molecular flexibility index (Phi) is 1.20. The maximum Gasteiger partial charge on any atom is 0.214 e. The fourth-order valence-electron chi connectivity index (χ4n) is 1.88. The number of hydrogen-bond acceptors (Lipinski definition) is 1. The first-order valence-corrected chi connectivity index (χ1v) is 4.55. The van der Waals surface area contributed by atoms with Crippen LogP contribution in [0.1, 0.15) is 17.8 Å². The Bertz CT molecular complexity index is 487. The molecule has 0 aromatic carbocycles. The van der Waals surface area contributed by atoms with E-state index in [1.165, 1.54) is 11.4 Å². The number of aryl methyl sites for hydroxylation is 2. The summed E-state index contributed by atoms with van der Waals surface area (Å²) in [4.78, 5) is 4.59. The third-order valence-electron chi connectivity index (χ3n) is 2.58. The van der Waals surface area contributed by atoms with E-state index in [1.54, 1.807) is 0 Å². The van der Waals surface area contributed by atoms with Crippen LogP contribution in [-0.2, 0) is 13.5 Å². The fraction of sp³-hybridized carbons (Fsp3) is 0.300. The third kappa shape index (κ3) is 0.813. The highest BCUT2D eigenvalue weighted by atomic mass is 15.2. The smallest absolute Gasteiger partial charge is 0.214 e. The molecule has 0 spiro atoms. The second-order valence-corrected chi connectivity index (χ2v) is 3.46. The molecule has 0 unspecified atom stereocenters. The van der Waals surface area contributed by atoms with Crippen LogP contribution < -0.4 is 0 Å². The van der Waals surface area contributed by atoms with Gasteiger partial charge in [0.15, 0.2) is 0 Å². The summed E-state index contributed by atoms with van der Waals surface area (Å²) in [6.45, 7) is 0. The summed E-state index contributed by atoms with van der Waals surface area (Å²) in [6, 6.07) is 0. The van der Waals surface area contributed by atoms with Gasteiger partial charge in [-0.25, -0.2) is 4.98 Å². The molecule has 0 fully saturated rings. The second kappa shape index (κ2) is 2.25. The molecule has 0 saturated heterocycles. The van der Waals surface area contributed by atoms with E-state index in [1.807, 2.05) is 17.8 Å². The maximum absolute atomic E-state index is 4.59. The van der Waals surface area contributed by atoms with Gasteiger partial charge in [0.25, 0.3) is 0 Å². The van der Waals surface area contributed by atoms with Gasteiger partial charge in [-0.05, 0) is 18.9 Å². The fourth-order valence-corrected chi connectivity index (χ4v) is 1.88. The largest absolute Gasteiger partial charge is 0.320 e. The van der Waals surface area contributed by atoms with Gasteiger partial charge in [-0.2, -0.15) is 0 Å². The molecule has 66 valence electrons. The van der Waals surface area contributed by atoms with Crippen molar-refractivity contribution in [3.63, 3.8) is 0 Å². The van der Waals surface area contributed by atoms with Crippen LogP contribution >= 0.6 is 0 Å². The Labute approximate surface area is 76.3 Å². The summed E-state index contributed by atoms with van der Waals surface area (Å²) in [5, 5.41) is 0. The first-order chi connectivity index (χ1) is 6.36. The van der Waals surface area contributed by atoms with Crippen LogP contribution in [0.4, 0.5) is 0 Å². The summed E-state index contributed by atoms with van der Waals surface area (Å²) in [5.41, 5.74) is 2.48. The highest BCUT2D eigenvalue weighted by Gasteiger charge is 2.13. The van der Waals surface area contributed by atoms with Crippen LogP contribution in [0.3, 0.4) is 0 Å². The predicted octanol–water partition coefficient (Wildman–Crippen LogP) is 1.63. The van der Waals surface area contributed by atoms with Gasteiger partial charge in [-0.3, -0.25) is 4.40 Å². The molecule has 2 heterocycles. The highest BCUT2D eigenvalue weighted by molar-refractivity contribution is 5.56. The number of rotatable bonds is 0. The Hall–Kier alpha value is -1.51. The molecule has 3 heteroatoms. The van der Waals surface area contributed by atoms with Crippen LogP contribution in [0.25, 0.3) is 11.9 Å². The van der Waals surface area contributed by atoms with Crippen LogP contribution in [0.2, 0.25) is 0 Å². The molecule has 0 bridgehead atoms. The van der Waals surface area contributed by atoms with Crippen LogP contribution in [0.5, 0.6) is 0 Å². The van der Waals surface area contributed by atoms with Crippen LogP contribution in [-0.4, -0.2) is 14.0 Å². The lowest BCUT2D eigenvalue weighted by molar-refractivity contribution is 0.914. The van der Waals surface area contributed by atoms with Crippen molar-refractivity contribution in [2.75, 3.05) is 0 Å². The number of hydrogen-bond donors (Lipinski definition) is 0. The quantitative estimate of drug-likeness (QED) is 0.593. The lowest BCUT2D eigenvalue weighted by Gasteiger charge is -2.01. The van der Waals surface area contributed by atoms with Crippen molar-refractivity contribution in [2.24, 2.45) is 7.05 Å². The molecule has 13 heavy (non-hydrogen) atoms. The first-order valence-electron chi connectivity index (χ1n) is 4.55. The predicted molar refractivity (Wildman–Crippen MR) is 51.5 cm³/mol. The number of allylic oxidation sites excluding steroid dienone is 1. The molecule has 1 aliphatic carbocycles. The number of imidazole rings is 2. The zero-order valence-corrected chi connectivity index (χ0v) is 7.57. The van der Waals surface area contributed by atoms with Crippen molar-refractivity contribution < 1.29 is 0 Å². The molecule has 0 saturated carbocycles. The molecule has 0 atom stereocenters. The molecular formula is C10H11N3. The standard InChI is InChI=1S/C10H11N3/c1-12-6-7-13-9-5-3-2-4-8(9)11-10(12)13/h3,5-7H,2,4H2,1H3. The first kappa shape index (κ1) is 6.95. The van der Waals surface area contributed by atoms with Gasteiger partial charge >= 0.3 is 0 Å². The van der Waals surface area contributed by atoms with E-state index >= 15 is 0 Å². The molecule has 1 aliphatic rings. The minimum Gasteiger partial charge on any atom is -0.320 e. The lowest BCUT2D eigenvalue weighted by atomic mass is 10.1.